The van der Waals surface area contributed by atoms with E-state index in [0.29, 0.717) is 0 Å². The van der Waals surface area contributed by atoms with Crippen LogP contribution in [0.5, 0.6) is 0 Å². The Morgan fingerprint density at radius 3 is 1.77 bits per heavy atom. The molecule has 172 valence electrons. The fourth-order valence-corrected chi connectivity index (χ4v) is 4.38. The maximum absolute atomic E-state index is 6.20. The normalized spacial score (nSPS) is 16.7. The molecule has 3 aromatic heterocycles. The Morgan fingerprint density at radius 1 is 0.600 bits per heavy atom. The van der Waals surface area contributed by atoms with Crippen molar-refractivity contribution in [1.82, 2.24) is 15.0 Å². The molecule has 5 nitrogen and oxygen atoms in total. The number of pyridine rings is 3. The third-order valence-electron chi connectivity index (χ3n) is 7.18. The predicted octanol–water partition coefficient (Wildman–Crippen LogP) is 5.81. The van der Waals surface area contributed by atoms with Crippen molar-refractivity contribution in [3.05, 3.63) is 85.1 Å². The third-order valence-corrected chi connectivity index (χ3v) is 7.18. The van der Waals surface area contributed by atoms with E-state index in [1.807, 2.05) is 24.3 Å². The highest BCUT2D eigenvalue weighted by Crippen LogP contribution is 2.36. The zero-order valence-electron chi connectivity index (χ0n) is 20.3. The molecule has 0 N–H and O–H groups in total. The molecule has 2 aromatic carbocycles. The molecule has 6 rings (SSSR count). The maximum atomic E-state index is 6.20. The lowest BCUT2D eigenvalue weighted by Crippen LogP contribution is -2.41. The standard InChI is InChI=1S/C29H26BN3O2/c1-28(2)29(3,4)35-30(34-28)22-14-10-19(11-15-22)23-16-12-20-8-9-21-13-17-25(24-7-5-6-18-31-24)33-27(21)26(20)32-23/h5-18H,1-4H3. The summed E-state index contributed by atoms with van der Waals surface area (Å²) in [5.74, 6) is 0. The van der Waals surface area contributed by atoms with Crippen LogP contribution in [0.25, 0.3) is 44.5 Å². The fraction of sp³-hybridized carbons (Fsp3) is 0.207. The van der Waals surface area contributed by atoms with Crippen molar-refractivity contribution < 1.29 is 9.31 Å². The van der Waals surface area contributed by atoms with Crippen molar-refractivity contribution in [3.8, 4) is 22.6 Å². The average molecular weight is 459 g/mol. The lowest BCUT2D eigenvalue weighted by Gasteiger charge is -2.32. The van der Waals surface area contributed by atoms with Crippen molar-refractivity contribution >= 4 is 34.4 Å². The first kappa shape index (κ1) is 21.9. The van der Waals surface area contributed by atoms with E-state index in [0.717, 1.165) is 49.9 Å². The second kappa shape index (κ2) is 7.97. The van der Waals surface area contributed by atoms with Crippen molar-refractivity contribution in [1.29, 1.82) is 0 Å². The van der Waals surface area contributed by atoms with Crippen molar-refractivity contribution in [2.45, 2.75) is 38.9 Å². The van der Waals surface area contributed by atoms with Gasteiger partial charge in [0.1, 0.15) is 0 Å². The van der Waals surface area contributed by atoms with Gasteiger partial charge in [0.05, 0.1) is 39.3 Å². The Morgan fingerprint density at radius 2 is 1.17 bits per heavy atom. The number of hydrogen-bond acceptors (Lipinski definition) is 5. The van der Waals surface area contributed by atoms with Crippen molar-refractivity contribution in [3.63, 3.8) is 0 Å². The van der Waals surface area contributed by atoms with Crippen LogP contribution in [0.3, 0.4) is 0 Å². The van der Waals surface area contributed by atoms with Crippen LogP contribution in [0.15, 0.2) is 85.1 Å². The molecular weight excluding hydrogens is 433 g/mol. The van der Waals surface area contributed by atoms with Gasteiger partial charge in [-0.15, -0.1) is 0 Å². The Bertz CT molecular complexity index is 1530. The third kappa shape index (κ3) is 3.79. The molecule has 4 heterocycles. The first-order valence-corrected chi connectivity index (χ1v) is 11.9. The minimum absolute atomic E-state index is 0.363. The SMILES string of the molecule is CC1(C)OB(c2ccc(-c3ccc4ccc5ccc(-c6ccccn6)nc5c4n3)cc2)OC1(C)C. The van der Waals surface area contributed by atoms with Gasteiger partial charge in [0.15, 0.2) is 0 Å². The number of benzene rings is 2. The van der Waals surface area contributed by atoms with Crippen LogP contribution < -0.4 is 5.46 Å². The van der Waals surface area contributed by atoms with Crippen LogP contribution in [0.2, 0.25) is 0 Å². The summed E-state index contributed by atoms with van der Waals surface area (Å²) in [4.78, 5) is 14.4. The molecule has 0 saturated carbocycles. The van der Waals surface area contributed by atoms with E-state index in [1.165, 1.54) is 0 Å². The van der Waals surface area contributed by atoms with Crippen LogP contribution in [-0.4, -0.2) is 33.3 Å². The van der Waals surface area contributed by atoms with Crippen molar-refractivity contribution in [2.24, 2.45) is 0 Å². The molecule has 0 unspecified atom stereocenters. The van der Waals surface area contributed by atoms with Crippen LogP contribution in [0, 0.1) is 0 Å². The van der Waals surface area contributed by atoms with E-state index in [1.54, 1.807) is 6.20 Å². The Hall–Kier alpha value is -3.61. The Labute approximate surface area is 205 Å². The van der Waals surface area contributed by atoms with E-state index in [4.69, 9.17) is 19.3 Å². The van der Waals surface area contributed by atoms with Gasteiger partial charge in [-0.1, -0.05) is 54.6 Å². The molecule has 1 aliphatic heterocycles. The fourth-order valence-electron chi connectivity index (χ4n) is 4.38. The molecular formula is C29H26BN3O2. The van der Waals surface area contributed by atoms with Gasteiger partial charge in [-0.3, -0.25) is 4.98 Å². The summed E-state index contributed by atoms with van der Waals surface area (Å²) in [6.45, 7) is 8.27. The first-order valence-electron chi connectivity index (χ1n) is 11.9. The number of hydrogen-bond donors (Lipinski definition) is 0. The Kier molecular flexibility index (Phi) is 4.99. The number of aromatic nitrogens is 3. The molecule has 0 radical (unpaired) electrons. The quantitative estimate of drug-likeness (QED) is 0.252. The molecule has 35 heavy (non-hydrogen) atoms. The number of nitrogens with zero attached hydrogens (tertiary/aromatic N) is 3. The molecule has 0 spiro atoms. The highest BCUT2D eigenvalue weighted by atomic mass is 16.7. The molecule has 5 aromatic rings. The smallest absolute Gasteiger partial charge is 0.399 e. The zero-order valence-corrected chi connectivity index (χ0v) is 20.3. The molecule has 1 fully saturated rings. The van der Waals surface area contributed by atoms with Gasteiger partial charge in [-0.05, 0) is 57.4 Å². The van der Waals surface area contributed by atoms with Crippen LogP contribution >= 0.6 is 0 Å². The van der Waals surface area contributed by atoms with Gasteiger partial charge < -0.3 is 9.31 Å². The molecule has 6 heteroatoms. The van der Waals surface area contributed by atoms with Gasteiger partial charge in [0, 0.05) is 22.5 Å². The lowest BCUT2D eigenvalue weighted by molar-refractivity contribution is 0.00578. The number of rotatable bonds is 3. The Balaban J connectivity index is 1.38. The van der Waals surface area contributed by atoms with Crippen LogP contribution in [0.4, 0.5) is 0 Å². The molecule has 0 amide bonds. The van der Waals surface area contributed by atoms with Gasteiger partial charge in [0.2, 0.25) is 0 Å². The topological polar surface area (TPSA) is 57.1 Å². The van der Waals surface area contributed by atoms with Gasteiger partial charge >= 0.3 is 7.12 Å². The second-order valence-corrected chi connectivity index (χ2v) is 10.0. The minimum Gasteiger partial charge on any atom is -0.399 e. The average Bonchev–Trinajstić information content (AvgIpc) is 3.10. The van der Waals surface area contributed by atoms with Crippen LogP contribution in [-0.2, 0) is 9.31 Å². The van der Waals surface area contributed by atoms with Crippen LogP contribution in [0.1, 0.15) is 27.7 Å². The van der Waals surface area contributed by atoms with E-state index < -0.39 is 0 Å². The van der Waals surface area contributed by atoms with Gasteiger partial charge in [-0.2, -0.15) is 0 Å². The zero-order chi connectivity index (χ0) is 24.2. The number of fused-ring (bicyclic) bond motifs is 3. The summed E-state index contributed by atoms with van der Waals surface area (Å²) in [5, 5.41) is 2.11. The highest BCUT2D eigenvalue weighted by molar-refractivity contribution is 6.62. The lowest BCUT2D eigenvalue weighted by atomic mass is 9.79. The van der Waals surface area contributed by atoms with Gasteiger partial charge in [0.25, 0.3) is 0 Å². The van der Waals surface area contributed by atoms with Crippen molar-refractivity contribution in [2.75, 3.05) is 0 Å². The summed E-state index contributed by atoms with van der Waals surface area (Å²) >= 11 is 0. The molecule has 0 bridgehead atoms. The largest absolute Gasteiger partial charge is 0.494 e. The van der Waals surface area contributed by atoms with E-state index in [9.17, 15) is 0 Å². The molecule has 0 aliphatic carbocycles. The van der Waals surface area contributed by atoms with Gasteiger partial charge in [-0.25, -0.2) is 9.97 Å². The van der Waals surface area contributed by atoms with E-state index in [-0.39, 0.29) is 18.3 Å². The molecule has 1 aliphatic rings. The first-order chi connectivity index (χ1) is 16.8. The molecule has 1 saturated heterocycles. The maximum Gasteiger partial charge on any atom is 0.494 e. The van der Waals surface area contributed by atoms with E-state index >= 15 is 0 Å². The highest BCUT2D eigenvalue weighted by Gasteiger charge is 2.51. The second-order valence-electron chi connectivity index (χ2n) is 10.0. The summed E-state index contributed by atoms with van der Waals surface area (Å²) in [7, 11) is -0.378. The minimum atomic E-state index is -0.378. The summed E-state index contributed by atoms with van der Waals surface area (Å²) in [6.07, 6.45) is 1.79. The summed E-state index contributed by atoms with van der Waals surface area (Å²) in [6, 6.07) is 26.6. The molecule has 0 atom stereocenters. The monoisotopic (exact) mass is 459 g/mol. The summed E-state index contributed by atoms with van der Waals surface area (Å²) in [5.41, 5.74) is 5.65. The van der Waals surface area contributed by atoms with E-state index in [2.05, 4.69) is 87.3 Å². The predicted molar refractivity (Wildman–Crippen MR) is 141 cm³/mol. The summed E-state index contributed by atoms with van der Waals surface area (Å²) < 4.78 is 12.4.